The van der Waals surface area contributed by atoms with Crippen LogP contribution in [0.4, 0.5) is 0 Å². The highest BCUT2D eigenvalue weighted by Crippen LogP contribution is 2.21. The fourth-order valence-electron chi connectivity index (χ4n) is 2.04. The van der Waals surface area contributed by atoms with Crippen molar-refractivity contribution in [3.05, 3.63) is 34.9 Å². The summed E-state index contributed by atoms with van der Waals surface area (Å²) >= 11 is 5.99. The summed E-state index contributed by atoms with van der Waals surface area (Å²) in [5.41, 5.74) is 0.710. The molecule has 0 aromatic heterocycles. The third-order valence-corrected chi connectivity index (χ3v) is 4.67. The number of carbonyl (C=O) groups is 2. The van der Waals surface area contributed by atoms with Crippen molar-refractivity contribution in [1.29, 1.82) is 0 Å². The lowest BCUT2D eigenvalue weighted by Crippen LogP contribution is -2.38. The van der Waals surface area contributed by atoms with E-state index in [-0.39, 0.29) is 12.3 Å². The molecule has 108 valence electrons. The Balaban J connectivity index is 1.87. The van der Waals surface area contributed by atoms with E-state index in [1.165, 1.54) is 0 Å². The number of benzene rings is 1. The van der Waals surface area contributed by atoms with Gasteiger partial charge in [-0.1, -0.05) is 38.4 Å². The number of nitrogens with zero attached hydrogens (tertiary/aromatic N) is 1. The number of carbonyl (C=O) groups excluding carboxylic acids is 2. The molecule has 0 radical (unpaired) electrons. The maximum atomic E-state index is 12.0. The number of ether oxygens (including phenoxy) is 1. The SMILES string of the molecule is C[C@@H](OC(=O)Cc1ccccc1Cl)C(=O)N1CCPC1. The van der Waals surface area contributed by atoms with E-state index in [0.29, 0.717) is 10.6 Å². The van der Waals surface area contributed by atoms with E-state index in [2.05, 4.69) is 0 Å². The molecule has 1 amide bonds. The van der Waals surface area contributed by atoms with Crippen molar-refractivity contribution < 1.29 is 14.3 Å². The number of hydrogen-bond acceptors (Lipinski definition) is 3. The predicted octanol–water partition coefficient (Wildman–Crippen LogP) is 2.29. The molecule has 1 aromatic rings. The molecule has 0 N–H and O–H groups in total. The van der Waals surface area contributed by atoms with Gasteiger partial charge in [0, 0.05) is 17.9 Å². The maximum absolute atomic E-state index is 12.0. The van der Waals surface area contributed by atoms with Crippen LogP contribution >= 0.6 is 20.2 Å². The molecule has 20 heavy (non-hydrogen) atoms. The van der Waals surface area contributed by atoms with Crippen molar-refractivity contribution in [2.24, 2.45) is 0 Å². The number of hydrogen-bond donors (Lipinski definition) is 0. The fourth-order valence-corrected chi connectivity index (χ4v) is 3.41. The quantitative estimate of drug-likeness (QED) is 0.633. The van der Waals surface area contributed by atoms with Gasteiger partial charge in [0.2, 0.25) is 0 Å². The molecule has 1 heterocycles. The van der Waals surface area contributed by atoms with Gasteiger partial charge in [0.15, 0.2) is 6.10 Å². The van der Waals surface area contributed by atoms with Crippen LogP contribution in [0.2, 0.25) is 5.02 Å². The van der Waals surface area contributed by atoms with E-state index < -0.39 is 12.1 Å². The highest BCUT2D eigenvalue weighted by molar-refractivity contribution is 7.38. The van der Waals surface area contributed by atoms with Gasteiger partial charge in [0.25, 0.3) is 5.91 Å². The standard InChI is InChI=1S/C14H17ClNO3P/c1-10(14(18)16-6-7-20-9-16)19-13(17)8-11-4-2-3-5-12(11)15/h2-5,10,20H,6-9H2,1H3/t10-/m1/s1. The first-order valence-corrected chi connectivity index (χ1v) is 8.29. The summed E-state index contributed by atoms with van der Waals surface area (Å²) in [5.74, 6) is -0.539. The average Bonchev–Trinajstić information content (AvgIpc) is 2.94. The number of halogens is 1. The second-order valence-electron chi connectivity index (χ2n) is 4.66. The molecule has 4 nitrogen and oxygen atoms in total. The van der Waals surface area contributed by atoms with Crippen LogP contribution in [0, 0.1) is 0 Å². The Hall–Kier alpha value is -1.12. The zero-order chi connectivity index (χ0) is 14.5. The molecule has 0 saturated carbocycles. The van der Waals surface area contributed by atoms with Crippen LogP contribution in [0.3, 0.4) is 0 Å². The van der Waals surface area contributed by atoms with Crippen molar-refractivity contribution in [2.75, 3.05) is 19.0 Å². The van der Waals surface area contributed by atoms with Gasteiger partial charge in [0.1, 0.15) is 0 Å². The van der Waals surface area contributed by atoms with Crippen molar-refractivity contribution in [2.45, 2.75) is 19.4 Å². The molecule has 1 aliphatic rings. The summed E-state index contributed by atoms with van der Waals surface area (Å²) < 4.78 is 5.20. The summed E-state index contributed by atoms with van der Waals surface area (Å²) in [4.78, 5) is 25.6. The van der Waals surface area contributed by atoms with Gasteiger partial charge in [-0.3, -0.25) is 9.59 Å². The molecule has 1 aliphatic heterocycles. The Labute approximate surface area is 125 Å². The van der Waals surface area contributed by atoms with E-state index in [9.17, 15) is 9.59 Å². The molecule has 1 fully saturated rings. The highest BCUT2D eigenvalue weighted by atomic mass is 35.5. The molecule has 1 unspecified atom stereocenters. The number of amides is 1. The number of rotatable bonds is 4. The molecule has 0 bridgehead atoms. The Kier molecular flexibility index (Phi) is 5.38. The van der Waals surface area contributed by atoms with E-state index >= 15 is 0 Å². The molecule has 0 spiro atoms. The molecule has 6 heteroatoms. The zero-order valence-corrected chi connectivity index (χ0v) is 13.0. The molecular weight excluding hydrogens is 297 g/mol. The molecular formula is C14H17ClNO3P. The van der Waals surface area contributed by atoms with Crippen molar-refractivity contribution in [3.63, 3.8) is 0 Å². The van der Waals surface area contributed by atoms with Crippen molar-refractivity contribution in [1.82, 2.24) is 4.90 Å². The van der Waals surface area contributed by atoms with Gasteiger partial charge >= 0.3 is 5.97 Å². The van der Waals surface area contributed by atoms with Crippen LogP contribution in [0.1, 0.15) is 12.5 Å². The first-order chi connectivity index (χ1) is 9.58. The summed E-state index contributed by atoms with van der Waals surface area (Å²) in [6.07, 6.45) is 1.18. The van der Waals surface area contributed by atoms with Gasteiger partial charge < -0.3 is 9.64 Å². The van der Waals surface area contributed by atoms with E-state index in [1.54, 1.807) is 30.0 Å². The van der Waals surface area contributed by atoms with Gasteiger partial charge in [-0.15, -0.1) is 0 Å². The minimum absolute atomic E-state index is 0.0824. The monoisotopic (exact) mass is 313 g/mol. The first kappa shape index (κ1) is 15.3. The summed E-state index contributed by atoms with van der Waals surface area (Å²) in [7, 11) is 0.794. The second-order valence-corrected chi connectivity index (χ2v) is 6.38. The molecule has 0 aliphatic carbocycles. The highest BCUT2D eigenvalue weighted by Gasteiger charge is 2.25. The molecule has 1 saturated heterocycles. The normalized spacial score (nSPS) is 17.2. The first-order valence-electron chi connectivity index (χ1n) is 6.50. The van der Waals surface area contributed by atoms with Crippen LogP contribution in [0.5, 0.6) is 0 Å². The predicted molar refractivity (Wildman–Crippen MR) is 80.5 cm³/mol. The Morgan fingerprint density at radius 2 is 2.20 bits per heavy atom. The Bertz CT molecular complexity index is 503. The summed E-state index contributed by atoms with van der Waals surface area (Å²) in [6.45, 7) is 2.39. The van der Waals surface area contributed by atoms with Crippen LogP contribution in [-0.4, -0.2) is 41.9 Å². The van der Waals surface area contributed by atoms with Gasteiger partial charge in [-0.25, -0.2) is 0 Å². The van der Waals surface area contributed by atoms with E-state index in [1.807, 2.05) is 6.07 Å². The second kappa shape index (κ2) is 7.05. The van der Waals surface area contributed by atoms with Gasteiger partial charge in [0.05, 0.1) is 6.42 Å². The minimum atomic E-state index is -0.729. The third kappa shape index (κ3) is 3.94. The lowest BCUT2D eigenvalue weighted by molar-refractivity contribution is -0.157. The van der Waals surface area contributed by atoms with E-state index in [4.69, 9.17) is 16.3 Å². The summed E-state index contributed by atoms with van der Waals surface area (Å²) in [6, 6.07) is 7.12. The van der Waals surface area contributed by atoms with Crippen LogP contribution in [0.15, 0.2) is 24.3 Å². The summed E-state index contributed by atoms with van der Waals surface area (Å²) in [5, 5.41) is 0.532. The lowest BCUT2D eigenvalue weighted by atomic mass is 10.1. The van der Waals surface area contributed by atoms with Crippen LogP contribution in [-0.2, 0) is 20.7 Å². The Morgan fingerprint density at radius 3 is 2.85 bits per heavy atom. The van der Waals surface area contributed by atoms with Crippen LogP contribution < -0.4 is 0 Å². The van der Waals surface area contributed by atoms with E-state index in [0.717, 1.165) is 27.6 Å². The van der Waals surface area contributed by atoms with Gasteiger partial charge in [-0.05, 0) is 24.7 Å². The lowest BCUT2D eigenvalue weighted by Gasteiger charge is -2.20. The van der Waals surface area contributed by atoms with Crippen molar-refractivity contribution in [3.8, 4) is 0 Å². The minimum Gasteiger partial charge on any atom is -0.452 e. The van der Waals surface area contributed by atoms with Crippen LogP contribution in [0.25, 0.3) is 0 Å². The van der Waals surface area contributed by atoms with Gasteiger partial charge in [-0.2, -0.15) is 0 Å². The maximum Gasteiger partial charge on any atom is 0.311 e. The molecule has 2 atom stereocenters. The smallest absolute Gasteiger partial charge is 0.311 e. The zero-order valence-electron chi connectivity index (χ0n) is 11.3. The van der Waals surface area contributed by atoms with Crippen molar-refractivity contribution >= 4 is 32.1 Å². The Morgan fingerprint density at radius 1 is 1.45 bits per heavy atom. The largest absolute Gasteiger partial charge is 0.452 e. The fraction of sp³-hybridized carbons (Fsp3) is 0.429. The average molecular weight is 314 g/mol. The number of esters is 1. The molecule has 1 aromatic carbocycles. The topological polar surface area (TPSA) is 46.6 Å². The molecule has 2 rings (SSSR count). The third-order valence-electron chi connectivity index (χ3n) is 3.12.